The maximum atomic E-state index is 10.8. The lowest BCUT2D eigenvalue weighted by Gasteiger charge is -2.02. The molecule has 0 unspecified atom stereocenters. The summed E-state index contributed by atoms with van der Waals surface area (Å²) < 4.78 is 0. The largest absolute Gasteiger partial charge is 0.277 e. The van der Waals surface area contributed by atoms with Gasteiger partial charge in [-0.15, -0.1) is 0 Å². The molecule has 0 saturated heterocycles. The third-order valence-corrected chi connectivity index (χ3v) is 2.45. The molecular weight excluding hydrogens is 216 g/mol. The Bertz CT molecular complexity index is 554. The van der Waals surface area contributed by atoms with Crippen molar-refractivity contribution in [3.8, 4) is 0 Å². The average molecular weight is 223 g/mol. The standard InChI is InChI=1S/C10H7ClN2O2/c1-6-4-8-7(2-3-12-10(8)11)9(5-6)13(14)15/h2-5H,1H3. The zero-order valence-corrected chi connectivity index (χ0v) is 8.65. The van der Waals surface area contributed by atoms with Crippen molar-refractivity contribution in [1.29, 1.82) is 0 Å². The fourth-order valence-corrected chi connectivity index (χ4v) is 1.73. The van der Waals surface area contributed by atoms with Gasteiger partial charge in [-0.05, 0) is 24.6 Å². The van der Waals surface area contributed by atoms with Crippen LogP contribution in [0.15, 0.2) is 24.4 Å². The van der Waals surface area contributed by atoms with Crippen LogP contribution in [0.1, 0.15) is 5.56 Å². The van der Waals surface area contributed by atoms with Gasteiger partial charge in [-0.3, -0.25) is 10.1 Å². The van der Waals surface area contributed by atoms with E-state index in [-0.39, 0.29) is 5.69 Å². The third kappa shape index (κ3) is 1.64. The summed E-state index contributed by atoms with van der Waals surface area (Å²) >= 11 is 5.87. The Morgan fingerprint density at radius 1 is 1.40 bits per heavy atom. The summed E-state index contributed by atoms with van der Waals surface area (Å²) in [6.45, 7) is 1.79. The first-order valence-corrected chi connectivity index (χ1v) is 4.66. The monoisotopic (exact) mass is 222 g/mol. The lowest BCUT2D eigenvalue weighted by molar-refractivity contribution is -0.383. The van der Waals surface area contributed by atoms with Crippen LogP contribution in [0.3, 0.4) is 0 Å². The number of nitro benzene ring substituents is 1. The highest BCUT2D eigenvalue weighted by atomic mass is 35.5. The van der Waals surface area contributed by atoms with Crippen LogP contribution in [-0.2, 0) is 0 Å². The molecule has 0 bridgehead atoms. The van der Waals surface area contributed by atoms with Gasteiger partial charge in [0.2, 0.25) is 0 Å². The van der Waals surface area contributed by atoms with Crippen molar-refractivity contribution >= 4 is 28.1 Å². The second-order valence-corrected chi connectivity index (χ2v) is 3.60. The first-order chi connectivity index (χ1) is 7.09. The van der Waals surface area contributed by atoms with E-state index in [0.717, 1.165) is 5.56 Å². The van der Waals surface area contributed by atoms with Gasteiger partial charge in [0.15, 0.2) is 0 Å². The minimum absolute atomic E-state index is 0.0642. The molecule has 15 heavy (non-hydrogen) atoms. The number of halogens is 1. The first kappa shape index (κ1) is 9.86. The Morgan fingerprint density at radius 2 is 2.13 bits per heavy atom. The average Bonchev–Trinajstić information content (AvgIpc) is 2.18. The van der Waals surface area contributed by atoms with Crippen LogP contribution < -0.4 is 0 Å². The van der Waals surface area contributed by atoms with Crippen LogP contribution in [0.2, 0.25) is 5.15 Å². The SMILES string of the molecule is Cc1cc([N+](=O)[O-])c2ccnc(Cl)c2c1. The maximum Gasteiger partial charge on any atom is 0.277 e. The van der Waals surface area contributed by atoms with Crippen molar-refractivity contribution in [2.45, 2.75) is 6.92 Å². The maximum absolute atomic E-state index is 10.8. The quantitative estimate of drug-likeness (QED) is 0.423. The molecule has 2 rings (SSSR count). The summed E-state index contributed by atoms with van der Waals surface area (Å²) in [4.78, 5) is 14.3. The van der Waals surface area contributed by atoms with Gasteiger partial charge in [0.05, 0.1) is 10.3 Å². The Kier molecular flexibility index (Phi) is 2.28. The van der Waals surface area contributed by atoms with Crippen LogP contribution in [-0.4, -0.2) is 9.91 Å². The van der Waals surface area contributed by atoms with Crippen LogP contribution in [0.25, 0.3) is 10.8 Å². The number of rotatable bonds is 1. The Labute approximate surface area is 90.7 Å². The Hall–Kier alpha value is -1.68. The highest BCUT2D eigenvalue weighted by molar-refractivity contribution is 6.34. The van der Waals surface area contributed by atoms with Gasteiger partial charge in [0, 0.05) is 17.6 Å². The molecule has 1 aromatic carbocycles. The molecule has 1 aromatic heterocycles. The zero-order chi connectivity index (χ0) is 11.0. The molecule has 1 heterocycles. The van der Waals surface area contributed by atoms with Crippen molar-refractivity contribution in [3.63, 3.8) is 0 Å². The van der Waals surface area contributed by atoms with Crippen LogP contribution >= 0.6 is 11.6 Å². The second kappa shape index (κ2) is 3.47. The number of aromatic nitrogens is 1. The highest BCUT2D eigenvalue weighted by Gasteiger charge is 2.14. The molecule has 5 heteroatoms. The van der Waals surface area contributed by atoms with E-state index in [9.17, 15) is 10.1 Å². The molecule has 4 nitrogen and oxygen atoms in total. The second-order valence-electron chi connectivity index (χ2n) is 3.24. The van der Waals surface area contributed by atoms with E-state index in [0.29, 0.717) is 15.9 Å². The minimum atomic E-state index is -0.411. The lowest BCUT2D eigenvalue weighted by atomic mass is 10.1. The van der Waals surface area contributed by atoms with Gasteiger partial charge in [0.1, 0.15) is 5.15 Å². The van der Waals surface area contributed by atoms with Gasteiger partial charge >= 0.3 is 0 Å². The fourth-order valence-electron chi connectivity index (χ4n) is 1.52. The van der Waals surface area contributed by atoms with E-state index in [1.807, 2.05) is 0 Å². The lowest BCUT2D eigenvalue weighted by Crippen LogP contribution is -1.91. The number of hydrogen-bond acceptors (Lipinski definition) is 3. The minimum Gasteiger partial charge on any atom is -0.258 e. The van der Waals surface area contributed by atoms with Gasteiger partial charge in [-0.25, -0.2) is 4.98 Å². The number of nitrogens with zero attached hydrogens (tertiary/aromatic N) is 2. The molecule has 0 aliphatic carbocycles. The zero-order valence-electron chi connectivity index (χ0n) is 7.90. The predicted octanol–water partition coefficient (Wildman–Crippen LogP) is 3.10. The van der Waals surface area contributed by atoms with E-state index in [1.54, 1.807) is 19.1 Å². The molecule has 0 saturated carbocycles. The van der Waals surface area contributed by atoms with Gasteiger partial charge in [-0.2, -0.15) is 0 Å². The van der Waals surface area contributed by atoms with Crippen LogP contribution in [0.5, 0.6) is 0 Å². The molecule has 76 valence electrons. The summed E-state index contributed by atoms with van der Waals surface area (Å²) in [6, 6.07) is 4.91. The van der Waals surface area contributed by atoms with Crippen LogP contribution in [0, 0.1) is 17.0 Å². The molecule has 0 fully saturated rings. The molecule has 0 aliphatic heterocycles. The molecule has 2 aromatic rings. The molecule has 0 N–H and O–H groups in total. The number of hydrogen-bond donors (Lipinski definition) is 0. The summed E-state index contributed by atoms with van der Waals surface area (Å²) in [5.74, 6) is 0. The van der Waals surface area contributed by atoms with Gasteiger partial charge in [-0.1, -0.05) is 11.6 Å². The Balaban J connectivity index is 2.92. The summed E-state index contributed by atoms with van der Waals surface area (Å²) in [5.41, 5.74) is 0.860. The van der Waals surface area contributed by atoms with Crippen LogP contribution in [0.4, 0.5) is 5.69 Å². The number of pyridine rings is 1. The third-order valence-electron chi connectivity index (χ3n) is 2.15. The van der Waals surface area contributed by atoms with Gasteiger partial charge < -0.3 is 0 Å². The highest BCUT2D eigenvalue weighted by Crippen LogP contribution is 2.30. The van der Waals surface area contributed by atoms with Crippen molar-refractivity contribution in [2.75, 3.05) is 0 Å². The number of aryl methyl sites for hydroxylation is 1. The smallest absolute Gasteiger partial charge is 0.258 e. The van der Waals surface area contributed by atoms with E-state index in [1.165, 1.54) is 12.3 Å². The molecular formula is C10H7ClN2O2. The van der Waals surface area contributed by atoms with Crippen molar-refractivity contribution in [1.82, 2.24) is 4.98 Å². The van der Waals surface area contributed by atoms with E-state index < -0.39 is 4.92 Å². The Morgan fingerprint density at radius 3 is 2.80 bits per heavy atom. The number of nitro groups is 1. The number of fused-ring (bicyclic) bond motifs is 1. The molecule has 0 radical (unpaired) electrons. The fraction of sp³-hybridized carbons (Fsp3) is 0.100. The van der Waals surface area contributed by atoms with Gasteiger partial charge in [0.25, 0.3) is 5.69 Å². The molecule has 0 spiro atoms. The molecule has 0 aliphatic rings. The molecule has 0 atom stereocenters. The molecule has 0 amide bonds. The summed E-state index contributed by atoms with van der Waals surface area (Å²) in [6.07, 6.45) is 1.47. The summed E-state index contributed by atoms with van der Waals surface area (Å²) in [7, 11) is 0. The van der Waals surface area contributed by atoms with Crippen molar-refractivity contribution < 1.29 is 4.92 Å². The van der Waals surface area contributed by atoms with E-state index in [4.69, 9.17) is 11.6 Å². The van der Waals surface area contributed by atoms with Crippen molar-refractivity contribution in [2.24, 2.45) is 0 Å². The normalized spacial score (nSPS) is 10.5. The van der Waals surface area contributed by atoms with E-state index in [2.05, 4.69) is 4.98 Å². The topological polar surface area (TPSA) is 56.0 Å². The first-order valence-electron chi connectivity index (χ1n) is 4.29. The number of non-ortho nitro benzene ring substituents is 1. The van der Waals surface area contributed by atoms with Crippen molar-refractivity contribution in [3.05, 3.63) is 45.2 Å². The van der Waals surface area contributed by atoms with E-state index >= 15 is 0 Å². The number of benzene rings is 1. The summed E-state index contributed by atoms with van der Waals surface area (Å²) in [5, 5.41) is 12.2. The predicted molar refractivity (Wildman–Crippen MR) is 58.1 cm³/mol.